The molecule has 124 valence electrons. The lowest BCUT2D eigenvalue weighted by molar-refractivity contribution is 0.213. The van der Waals surface area contributed by atoms with Crippen LogP contribution >= 0.6 is 7.60 Å². The van der Waals surface area contributed by atoms with Crippen molar-refractivity contribution in [2.24, 2.45) is 5.73 Å². The van der Waals surface area contributed by atoms with E-state index in [1.165, 1.54) is 7.11 Å². The van der Waals surface area contributed by atoms with Crippen LogP contribution in [0.5, 0.6) is 11.5 Å². The number of hydrogen-bond donors (Lipinski definition) is 1. The van der Waals surface area contributed by atoms with Crippen molar-refractivity contribution in [1.82, 2.24) is 0 Å². The summed E-state index contributed by atoms with van der Waals surface area (Å²) in [4.78, 5) is 0. The summed E-state index contributed by atoms with van der Waals surface area (Å²) in [6, 6.07) is 6.94. The van der Waals surface area contributed by atoms with Crippen molar-refractivity contribution < 1.29 is 23.1 Å². The van der Waals surface area contributed by atoms with E-state index in [2.05, 4.69) is 0 Å². The number of fused-ring (bicyclic) bond motifs is 1. The van der Waals surface area contributed by atoms with Gasteiger partial charge in [0, 0.05) is 11.6 Å². The Morgan fingerprint density at radius 1 is 1.35 bits per heavy atom. The van der Waals surface area contributed by atoms with Crippen molar-refractivity contribution >= 4 is 7.60 Å². The summed E-state index contributed by atoms with van der Waals surface area (Å²) in [7, 11) is -2.12. The van der Waals surface area contributed by atoms with Gasteiger partial charge < -0.3 is 24.3 Å². The lowest BCUT2D eigenvalue weighted by atomic mass is 10.0. The number of ether oxygens (including phenoxy) is 2. The Morgan fingerprint density at radius 2 is 2.00 bits per heavy atom. The topological polar surface area (TPSA) is 104 Å². The molecule has 7 nitrogen and oxygen atoms in total. The van der Waals surface area contributed by atoms with E-state index >= 15 is 0 Å². The molecule has 2 N–H and O–H groups in total. The fourth-order valence-electron chi connectivity index (χ4n) is 2.41. The van der Waals surface area contributed by atoms with Gasteiger partial charge in [0.25, 0.3) is 0 Å². The molecule has 0 bridgehead atoms. The molecular formula is C15H19N2O5P. The average molecular weight is 338 g/mol. The number of nitriles is 1. The highest BCUT2D eigenvalue weighted by atomic mass is 31.2. The van der Waals surface area contributed by atoms with Gasteiger partial charge in [0.2, 0.25) is 5.88 Å². The Bertz CT molecular complexity index is 700. The van der Waals surface area contributed by atoms with Gasteiger partial charge in [0.1, 0.15) is 28.8 Å². The summed E-state index contributed by atoms with van der Waals surface area (Å²) in [6.45, 7) is 3.77. The van der Waals surface area contributed by atoms with E-state index in [0.29, 0.717) is 17.1 Å². The lowest BCUT2D eigenvalue weighted by Crippen LogP contribution is -2.21. The van der Waals surface area contributed by atoms with Crippen LogP contribution in [-0.2, 0) is 13.6 Å². The van der Waals surface area contributed by atoms with Gasteiger partial charge in [-0.15, -0.1) is 0 Å². The Hall–Kier alpha value is -2.00. The van der Waals surface area contributed by atoms with Crippen LogP contribution in [0.2, 0.25) is 0 Å². The highest BCUT2D eigenvalue weighted by Crippen LogP contribution is 2.66. The quantitative estimate of drug-likeness (QED) is 0.795. The van der Waals surface area contributed by atoms with Gasteiger partial charge >= 0.3 is 7.60 Å². The first-order valence-corrected chi connectivity index (χ1v) is 8.76. The van der Waals surface area contributed by atoms with Crippen LogP contribution in [0.3, 0.4) is 0 Å². The summed E-state index contributed by atoms with van der Waals surface area (Å²) in [5.41, 5.74) is 5.46. The molecule has 1 atom stereocenters. The molecular weight excluding hydrogens is 319 g/mol. The Balaban J connectivity index is 2.64. The summed E-state index contributed by atoms with van der Waals surface area (Å²) in [5, 5.41) is 9.43. The molecule has 1 heterocycles. The summed E-state index contributed by atoms with van der Waals surface area (Å²) in [5.74, 6) is 0.807. The third-order valence-electron chi connectivity index (χ3n) is 3.33. The van der Waals surface area contributed by atoms with Crippen LogP contribution in [0, 0.1) is 11.3 Å². The molecule has 0 saturated carbocycles. The average Bonchev–Trinajstić information content (AvgIpc) is 2.53. The minimum absolute atomic E-state index is 0.0351. The number of nitrogens with zero attached hydrogens (tertiary/aromatic N) is 1. The first-order valence-electron chi connectivity index (χ1n) is 7.15. The van der Waals surface area contributed by atoms with Crippen molar-refractivity contribution in [3.8, 4) is 17.6 Å². The molecule has 1 aromatic rings. The predicted molar refractivity (Wildman–Crippen MR) is 84.0 cm³/mol. The number of allylic oxidation sites excluding steroid dienone is 1. The summed E-state index contributed by atoms with van der Waals surface area (Å²) in [6.07, 6.45) is 0. The molecule has 0 fully saturated rings. The molecule has 0 radical (unpaired) electrons. The minimum Gasteiger partial charge on any atom is -0.497 e. The number of methoxy groups -OCH3 is 1. The van der Waals surface area contributed by atoms with Crippen LogP contribution in [0.25, 0.3) is 0 Å². The van der Waals surface area contributed by atoms with Crippen LogP contribution in [0.4, 0.5) is 0 Å². The van der Waals surface area contributed by atoms with Gasteiger partial charge in [-0.05, 0) is 19.9 Å². The molecule has 8 heteroatoms. The highest BCUT2D eigenvalue weighted by Gasteiger charge is 2.45. The van der Waals surface area contributed by atoms with Crippen LogP contribution in [0.1, 0.15) is 25.1 Å². The van der Waals surface area contributed by atoms with Gasteiger partial charge in [-0.1, -0.05) is 6.07 Å². The van der Waals surface area contributed by atoms with Gasteiger partial charge in [-0.3, -0.25) is 4.57 Å². The number of benzene rings is 1. The second kappa shape index (κ2) is 7.05. The van der Waals surface area contributed by atoms with E-state index in [1.54, 1.807) is 32.0 Å². The van der Waals surface area contributed by atoms with Crippen molar-refractivity contribution in [2.75, 3.05) is 20.3 Å². The maximum Gasteiger partial charge on any atom is 0.343 e. The van der Waals surface area contributed by atoms with E-state index in [9.17, 15) is 9.83 Å². The SMILES string of the molecule is CCOP(=O)(OCC)C1C(C#N)=C(N)Oc2cc(OC)ccc21. The molecule has 2 rings (SSSR count). The predicted octanol–water partition coefficient (Wildman–Crippen LogP) is 3.09. The zero-order valence-corrected chi connectivity index (χ0v) is 14.1. The highest BCUT2D eigenvalue weighted by molar-refractivity contribution is 7.54. The zero-order valence-electron chi connectivity index (χ0n) is 13.2. The number of hydrogen-bond acceptors (Lipinski definition) is 7. The monoisotopic (exact) mass is 338 g/mol. The number of nitrogens with two attached hydrogens (primary N) is 1. The second-order valence-electron chi connectivity index (χ2n) is 4.67. The molecule has 0 amide bonds. The van der Waals surface area contributed by atoms with Crippen molar-refractivity contribution in [1.29, 1.82) is 5.26 Å². The molecule has 0 spiro atoms. The molecule has 0 aliphatic carbocycles. The maximum atomic E-state index is 13.2. The largest absolute Gasteiger partial charge is 0.497 e. The molecule has 1 aliphatic heterocycles. The fourth-order valence-corrected chi connectivity index (χ4v) is 4.56. The van der Waals surface area contributed by atoms with Gasteiger partial charge in [-0.2, -0.15) is 5.26 Å². The van der Waals surface area contributed by atoms with Gasteiger partial charge in [-0.25, -0.2) is 0 Å². The summed E-state index contributed by atoms with van der Waals surface area (Å²) >= 11 is 0. The molecule has 0 aromatic heterocycles. The molecule has 1 aromatic carbocycles. The Labute approximate surface area is 135 Å². The maximum absolute atomic E-state index is 13.2. The number of rotatable bonds is 6. The summed E-state index contributed by atoms with van der Waals surface area (Å²) < 4.78 is 34.7. The Morgan fingerprint density at radius 3 is 2.52 bits per heavy atom. The molecule has 23 heavy (non-hydrogen) atoms. The Kier molecular flexibility index (Phi) is 5.32. The lowest BCUT2D eigenvalue weighted by Gasteiger charge is -2.31. The van der Waals surface area contributed by atoms with E-state index in [1.807, 2.05) is 6.07 Å². The van der Waals surface area contributed by atoms with Crippen LogP contribution in [0.15, 0.2) is 29.7 Å². The van der Waals surface area contributed by atoms with E-state index in [0.717, 1.165) is 0 Å². The standard InChI is InChI=1S/C15H19N2O5P/c1-4-20-23(18,21-5-2)14-11-7-6-10(19-3)8-13(11)22-15(17)12(14)9-16/h6-8,14H,4-5,17H2,1-3H3. The van der Waals surface area contributed by atoms with Crippen LogP contribution in [-0.4, -0.2) is 20.3 Å². The molecule has 0 saturated heterocycles. The van der Waals surface area contributed by atoms with Crippen molar-refractivity contribution in [3.63, 3.8) is 0 Å². The fraction of sp³-hybridized carbons (Fsp3) is 0.400. The van der Waals surface area contributed by atoms with E-state index in [4.69, 9.17) is 24.3 Å². The van der Waals surface area contributed by atoms with E-state index < -0.39 is 13.3 Å². The normalized spacial score (nSPS) is 17.2. The smallest absolute Gasteiger partial charge is 0.343 e. The van der Waals surface area contributed by atoms with E-state index in [-0.39, 0.29) is 24.7 Å². The third kappa shape index (κ3) is 3.20. The second-order valence-corrected chi connectivity index (χ2v) is 6.79. The first-order chi connectivity index (χ1) is 11.0. The third-order valence-corrected chi connectivity index (χ3v) is 5.73. The van der Waals surface area contributed by atoms with Crippen molar-refractivity contribution in [3.05, 3.63) is 35.2 Å². The van der Waals surface area contributed by atoms with Gasteiger partial charge in [0.15, 0.2) is 0 Å². The van der Waals surface area contributed by atoms with Crippen LogP contribution < -0.4 is 15.2 Å². The molecule has 1 aliphatic rings. The van der Waals surface area contributed by atoms with Crippen molar-refractivity contribution in [2.45, 2.75) is 19.5 Å². The first kappa shape index (κ1) is 17.4. The minimum atomic E-state index is -3.64. The van der Waals surface area contributed by atoms with Gasteiger partial charge in [0.05, 0.1) is 20.3 Å². The molecule has 1 unspecified atom stereocenters. The zero-order chi connectivity index (χ0) is 17.0.